The molecule has 2 aromatic rings. The average Bonchev–Trinajstić information content (AvgIpc) is 2.71. The Morgan fingerprint density at radius 3 is 2.56 bits per heavy atom. The molecule has 96 valence electrons. The molecule has 0 radical (unpaired) electrons. The van der Waals surface area contributed by atoms with Crippen LogP contribution in [0.5, 0.6) is 0 Å². The maximum Gasteiger partial charge on any atom is 0.131 e. The second-order valence-corrected chi connectivity index (χ2v) is 4.72. The van der Waals surface area contributed by atoms with Gasteiger partial charge in [0.25, 0.3) is 0 Å². The molecule has 0 atom stereocenters. The molecule has 1 aromatic carbocycles. The van der Waals surface area contributed by atoms with E-state index in [4.69, 9.17) is 5.73 Å². The zero-order valence-corrected chi connectivity index (χ0v) is 10.9. The van der Waals surface area contributed by atoms with Crippen molar-refractivity contribution in [3.05, 3.63) is 41.5 Å². The maximum atomic E-state index is 14.0. The van der Waals surface area contributed by atoms with Crippen molar-refractivity contribution in [1.82, 2.24) is 9.78 Å². The van der Waals surface area contributed by atoms with Crippen LogP contribution in [0.25, 0.3) is 11.1 Å². The summed E-state index contributed by atoms with van der Waals surface area (Å²) < 4.78 is 15.9. The molecule has 0 unspecified atom stereocenters. The van der Waals surface area contributed by atoms with Gasteiger partial charge in [0.05, 0.1) is 5.69 Å². The second-order valence-electron chi connectivity index (χ2n) is 4.72. The number of benzene rings is 1. The standard InChI is InChI=1S/C14H18FN3/c1-9(2)18-8-13(10(3)17-18)12-5-4-11(7-16)6-14(12)15/h4-6,8-9H,7,16H2,1-3H3. The van der Waals surface area contributed by atoms with E-state index in [0.717, 1.165) is 16.8 Å². The van der Waals surface area contributed by atoms with E-state index in [1.165, 1.54) is 6.07 Å². The van der Waals surface area contributed by atoms with E-state index in [1.807, 2.05) is 37.7 Å². The second kappa shape index (κ2) is 4.90. The Morgan fingerprint density at radius 1 is 1.33 bits per heavy atom. The maximum absolute atomic E-state index is 14.0. The van der Waals surface area contributed by atoms with E-state index >= 15 is 0 Å². The molecule has 4 heteroatoms. The van der Waals surface area contributed by atoms with Crippen LogP contribution in [-0.4, -0.2) is 9.78 Å². The van der Waals surface area contributed by atoms with Gasteiger partial charge in [0.15, 0.2) is 0 Å². The van der Waals surface area contributed by atoms with Gasteiger partial charge in [-0.05, 0) is 32.4 Å². The SMILES string of the molecule is Cc1nn(C(C)C)cc1-c1ccc(CN)cc1F. The first-order valence-electron chi connectivity index (χ1n) is 6.07. The van der Waals surface area contributed by atoms with Crippen LogP contribution in [0.1, 0.15) is 31.1 Å². The highest BCUT2D eigenvalue weighted by Crippen LogP contribution is 2.27. The number of nitrogens with zero attached hydrogens (tertiary/aromatic N) is 2. The van der Waals surface area contributed by atoms with Crippen LogP contribution < -0.4 is 5.73 Å². The van der Waals surface area contributed by atoms with Crippen molar-refractivity contribution in [2.24, 2.45) is 5.73 Å². The Morgan fingerprint density at radius 2 is 2.06 bits per heavy atom. The van der Waals surface area contributed by atoms with Gasteiger partial charge in [-0.2, -0.15) is 5.10 Å². The van der Waals surface area contributed by atoms with Gasteiger partial charge in [0.2, 0.25) is 0 Å². The van der Waals surface area contributed by atoms with Crippen molar-refractivity contribution in [1.29, 1.82) is 0 Å². The molecule has 0 bridgehead atoms. The third kappa shape index (κ3) is 2.29. The van der Waals surface area contributed by atoms with Crippen molar-refractivity contribution in [3.8, 4) is 11.1 Å². The number of aryl methyl sites for hydroxylation is 1. The molecule has 2 N–H and O–H groups in total. The Kier molecular flexibility index (Phi) is 3.48. The Balaban J connectivity index is 2.48. The fourth-order valence-electron chi connectivity index (χ4n) is 1.91. The zero-order valence-electron chi connectivity index (χ0n) is 10.9. The van der Waals surface area contributed by atoms with Gasteiger partial charge in [-0.15, -0.1) is 0 Å². The van der Waals surface area contributed by atoms with Gasteiger partial charge < -0.3 is 5.73 Å². The normalized spacial score (nSPS) is 11.2. The summed E-state index contributed by atoms with van der Waals surface area (Å²) in [6.07, 6.45) is 1.89. The summed E-state index contributed by atoms with van der Waals surface area (Å²) in [6.45, 7) is 6.33. The highest BCUT2D eigenvalue weighted by molar-refractivity contribution is 5.66. The smallest absolute Gasteiger partial charge is 0.131 e. The summed E-state index contributed by atoms with van der Waals surface area (Å²) >= 11 is 0. The van der Waals surface area contributed by atoms with E-state index in [-0.39, 0.29) is 11.9 Å². The molecule has 1 heterocycles. The number of hydrogen-bond donors (Lipinski definition) is 1. The van der Waals surface area contributed by atoms with Crippen LogP contribution in [-0.2, 0) is 6.54 Å². The summed E-state index contributed by atoms with van der Waals surface area (Å²) in [6, 6.07) is 5.38. The summed E-state index contributed by atoms with van der Waals surface area (Å²) in [5, 5.41) is 4.40. The molecular formula is C14H18FN3. The summed E-state index contributed by atoms with van der Waals surface area (Å²) in [4.78, 5) is 0. The molecule has 0 amide bonds. The lowest BCUT2D eigenvalue weighted by Crippen LogP contribution is -2.00. The Labute approximate surface area is 106 Å². The number of nitrogens with two attached hydrogens (primary N) is 1. The quantitative estimate of drug-likeness (QED) is 0.906. The minimum absolute atomic E-state index is 0.246. The van der Waals surface area contributed by atoms with Gasteiger partial charge in [-0.1, -0.05) is 12.1 Å². The average molecular weight is 247 g/mol. The van der Waals surface area contributed by atoms with Gasteiger partial charge in [0.1, 0.15) is 5.82 Å². The van der Waals surface area contributed by atoms with Crippen LogP contribution in [0.4, 0.5) is 4.39 Å². The monoisotopic (exact) mass is 247 g/mol. The highest BCUT2D eigenvalue weighted by Gasteiger charge is 2.13. The molecular weight excluding hydrogens is 229 g/mol. The molecule has 0 spiro atoms. The molecule has 0 saturated heterocycles. The van der Waals surface area contributed by atoms with Crippen molar-refractivity contribution in [3.63, 3.8) is 0 Å². The summed E-state index contributed by atoms with van der Waals surface area (Å²) in [5.41, 5.74) is 8.55. The molecule has 0 fully saturated rings. The fourth-order valence-corrected chi connectivity index (χ4v) is 1.91. The molecule has 0 aliphatic rings. The minimum Gasteiger partial charge on any atom is -0.326 e. The first kappa shape index (κ1) is 12.8. The molecule has 0 saturated carbocycles. The molecule has 2 rings (SSSR count). The zero-order chi connectivity index (χ0) is 13.3. The lowest BCUT2D eigenvalue weighted by Gasteiger charge is -2.04. The number of aromatic nitrogens is 2. The van der Waals surface area contributed by atoms with Crippen LogP contribution in [0.3, 0.4) is 0 Å². The highest BCUT2D eigenvalue weighted by atomic mass is 19.1. The molecule has 0 aliphatic carbocycles. The molecule has 3 nitrogen and oxygen atoms in total. The summed E-state index contributed by atoms with van der Waals surface area (Å²) in [5.74, 6) is -0.246. The lowest BCUT2D eigenvalue weighted by molar-refractivity contribution is 0.529. The van der Waals surface area contributed by atoms with Gasteiger partial charge >= 0.3 is 0 Å². The van der Waals surface area contributed by atoms with Crippen molar-refractivity contribution in [2.75, 3.05) is 0 Å². The molecule has 18 heavy (non-hydrogen) atoms. The largest absolute Gasteiger partial charge is 0.326 e. The van der Waals surface area contributed by atoms with Crippen LogP contribution in [0.15, 0.2) is 24.4 Å². The van der Waals surface area contributed by atoms with Crippen molar-refractivity contribution < 1.29 is 4.39 Å². The lowest BCUT2D eigenvalue weighted by atomic mass is 10.0. The van der Waals surface area contributed by atoms with Crippen LogP contribution in [0.2, 0.25) is 0 Å². The summed E-state index contributed by atoms with van der Waals surface area (Å²) in [7, 11) is 0. The van der Waals surface area contributed by atoms with Crippen LogP contribution >= 0.6 is 0 Å². The Hall–Kier alpha value is -1.68. The first-order chi connectivity index (χ1) is 8.52. The number of hydrogen-bond acceptors (Lipinski definition) is 2. The minimum atomic E-state index is -0.246. The van der Waals surface area contributed by atoms with E-state index < -0.39 is 0 Å². The Bertz CT molecular complexity index is 558. The van der Waals surface area contributed by atoms with Gasteiger partial charge in [-0.3, -0.25) is 4.68 Å². The molecule has 1 aromatic heterocycles. The number of halogens is 1. The van der Waals surface area contributed by atoms with E-state index in [9.17, 15) is 4.39 Å². The van der Waals surface area contributed by atoms with Gasteiger partial charge in [0, 0.05) is 29.9 Å². The number of rotatable bonds is 3. The van der Waals surface area contributed by atoms with Crippen molar-refractivity contribution >= 4 is 0 Å². The van der Waals surface area contributed by atoms with Gasteiger partial charge in [-0.25, -0.2) is 4.39 Å². The van der Waals surface area contributed by atoms with E-state index in [1.54, 1.807) is 6.07 Å². The third-order valence-corrected chi connectivity index (χ3v) is 3.01. The predicted octanol–water partition coefficient (Wildman–Crippen LogP) is 3.04. The predicted molar refractivity (Wildman–Crippen MR) is 70.6 cm³/mol. The molecule has 0 aliphatic heterocycles. The first-order valence-corrected chi connectivity index (χ1v) is 6.07. The van der Waals surface area contributed by atoms with Crippen molar-refractivity contribution in [2.45, 2.75) is 33.4 Å². The van der Waals surface area contributed by atoms with E-state index in [2.05, 4.69) is 5.10 Å². The van der Waals surface area contributed by atoms with Crippen LogP contribution in [0, 0.1) is 12.7 Å². The third-order valence-electron chi connectivity index (χ3n) is 3.01. The topological polar surface area (TPSA) is 43.8 Å². The van der Waals surface area contributed by atoms with E-state index in [0.29, 0.717) is 12.1 Å². The fraction of sp³-hybridized carbons (Fsp3) is 0.357.